The average molecular weight is 299 g/mol. The Morgan fingerprint density at radius 1 is 1.24 bits per heavy atom. The molecule has 1 saturated carbocycles. The lowest BCUT2D eigenvalue weighted by atomic mass is 10.0. The number of carbonyl (C=O) groups excluding carboxylic acids is 1. The summed E-state index contributed by atoms with van der Waals surface area (Å²) in [5.74, 6) is 0.236. The van der Waals surface area contributed by atoms with Gasteiger partial charge in [0.25, 0.3) is 0 Å². The number of hydrogen-bond donors (Lipinski definition) is 0. The molecule has 21 heavy (non-hydrogen) atoms. The molecule has 0 saturated heterocycles. The lowest BCUT2D eigenvalue weighted by Gasteiger charge is -2.20. The highest BCUT2D eigenvalue weighted by atomic mass is 32.1. The molecule has 3 rings (SSSR count). The summed E-state index contributed by atoms with van der Waals surface area (Å²) < 4.78 is 0. The van der Waals surface area contributed by atoms with Crippen LogP contribution < -0.4 is 0 Å². The maximum Gasteiger partial charge on any atom is 0.176 e. The molecule has 0 N–H and O–H groups in total. The fraction of sp³-hybridized carbons (Fsp3) is 0.389. The van der Waals surface area contributed by atoms with Gasteiger partial charge in [-0.2, -0.15) is 11.3 Å². The van der Waals surface area contributed by atoms with Gasteiger partial charge in [-0.3, -0.25) is 9.69 Å². The Kier molecular flexibility index (Phi) is 4.22. The molecule has 0 radical (unpaired) electrons. The van der Waals surface area contributed by atoms with Crippen LogP contribution >= 0.6 is 11.3 Å². The molecule has 1 aliphatic rings. The number of benzene rings is 1. The van der Waals surface area contributed by atoms with Gasteiger partial charge in [-0.05, 0) is 66.3 Å². The standard InChI is InChI=1S/C18H21NOS/c1-13-3-4-16(9-14(13)2)18(20)11-19(17-5-6-17)10-15-7-8-21-12-15/h3-4,7-9,12,17H,5-6,10-11H2,1-2H3. The monoisotopic (exact) mass is 299 g/mol. The maximum absolute atomic E-state index is 12.5. The lowest BCUT2D eigenvalue weighted by Crippen LogP contribution is -2.31. The first kappa shape index (κ1) is 14.5. The largest absolute Gasteiger partial charge is 0.293 e. The molecule has 0 atom stereocenters. The van der Waals surface area contributed by atoms with Crippen LogP contribution in [0.5, 0.6) is 0 Å². The third-order valence-corrected chi connectivity index (χ3v) is 4.94. The van der Waals surface area contributed by atoms with Crippen LogP contribution in [-0.2, 0) is 6.54 Å². The van der Waals surface area contributed by atoms with Gasteiger partial charge in [0.15, 0.2) is 5.78 Å². The molecule has 2 nitrogen and oxygen atoms in total. The van der Waals surface area contributed by atoms with Gasteiger partial charge in [-0.25, -0.2) is 0 Å². The van der Waals surface area contributed by atoms with Crippen LogP contribution in [0.2, 0.25) is 0 Å². The summed E-state index contributed by atoms with van der Waals surface area (Å²) in [5.41, 5.74) is 4.59. The minimum absolute atomic E-state index is 0.236. The Morgan fingerprint density at radius 3 is 2.67 bits per heavy atom. The number of rotatable bonds is 6. The van der Waals surface area contributed by atoms with Gasteiger partial charge in [-0.15, -0.1) is 0 Å². The van der Waals surface area contributed by atoms with E-state index in [0.29, 0.717) is 12.6 Å². The predicted molar refractivity (Wildman–Crippen MR) is 88.0 cm³/mol. The van der Waals surface area contributed by atoms with Crippen molar-refractivity contribution >= 4 is 17.1 Å². The van der Waals surface area contributed by atoms with Crippen molar-refractivity contribution in [1.82, 2.24) is 4.90 Å². The normalized spacial score (nSPS) is 14.6. The molecule has 0 amide bonds. The van der Waals surface area contributed by atoms with Crippen molar-refractivity contribution in [2.75, 3.05) is 6.54 Å². The van der Waals surface area contributed by atoms with E-state index in [1.54, 1.807) is 11.3 Å². The number of aryl methyl sites for hydroxylation is 2. The van der Waals surface area contributed by atoms with Crippen LogP contribution in [0.4, 0.5) is 0 Å². The first-order valence-corrected chi connectivity index (χ1v) is 8.43. The Hall–Kier alpha value is -1.45. The Morgan fingerprint density at radius 2 is 2.05 bits per heavy atom. The molecule has 2 aromatic rings. The summed E-state index contributed by atoms with van der Waals surface area (Å²) in [6.45, 7) is 5.57. The molecule has 110 valence electrons. The number of Topliss-reactive ketones (excluding diaryl/α,β-unsaturated/α-hetero) is 1. The van der Waals surface area contributed by atoms with Crippen LogP contribution in [0.25, 0.3) is 0 Å². The van der Waals surface area contributed by atoms with E-state index < -0.39 is 0 Å². The highest BCUT2D eigenvalue weighted by Crippen LogP contribution is 2.29. The van der Waals surface area contributed by atoms with E-state index in [9.17, 15) is 4.79 Å². The van der Waals surface area contributed by atoms with Crippen molar-refractivity contribution < 1.29 is 4.79 Å². The predicted octanol–water partition coefficient (Wildman–Crippen LogP) is 4.21. The van der Waals surface area contributed by atoms with Crippen molar-refractivity contribution in [1.29, 1.82) is 0 Å². The van der Waals surface area contributed by atoms with E-state index in [1.807, 2.05) is 18.2 Å². The van der Waals surface area contributed by atoms with E-state index in [0.717, 1.165) is 12.1 Å². The third kappa shape index (κ3) is 3.60. The summed E-state index contributed by atoms with van der Waals surface area (Å²) in [4.78, 5) is 14.9. The molecular weight excluding hydrogens is 278 g/mol. The zero-order valence-electron chi connectivity index (χ0n) is 12.6. The van der Waals surface area contributed by atoms with Gasteiger partial charge in [0.05, 0.1) is 6.54 Å². The van der Waals surface area contributed by atoms with Crippen LogP contribution in [-0.4, -0.2) is 23.3 Å². The smallest absolute Gasteiger partial charge is 0.176 e. The second-order valence-corrected chi connectivity index (χ2v) is 6.77. The summed E-state index contributed by atoms with van der Waals surface area (Å²) in [6, 6.07) is 8.78. The molecule has 1 fully saturated rings. The van der Waals surface area contributed by atoms with Gasteiger partial charge in [-0.1, -0.05) is 12.1 Å². The van der Waals surface area contributed by atoms with Crippen molar-refractivity contribution in [3.05, 3.63) is 57.3 Å². The zero-order chi connectivity index (χ0) is 14.8. The van der Waals surface area contributed by atoms with Gasteiger partial charge in [0.1, 0.15) is 0 Å². The van der Waals surface area contributed by atoms with Crippen molar-refractivity contribution in [3.8, 4) is 0 Å². The van der Waals surface area contributed by atoms with Crippen molar-refractivity contribution in [2.45, 2.75) is 39.3 Å². The van der Waals surface area contributed by atoms with E-state index in [2.05, 4.69) is 35.6 Å². The van der Waals surface area contributed by atoms with E-state index in [1.165, 1.54) is 29.5 Å². The molecule has 1 aliphatic carbocycles. The van der Waals surface area contributed by atoms with Gasteiger partial charge in [0, 0.05) is 18.2 Å². The fourth-order valence-electron chi connectivity index (χ4n) is 2.56. The molecule has 1 aromatic heterocycles. The third-order valence-electron chi connectivity index (χ3n) is 4.20. The molecule has 3 heteroatoms. The number of nitrogens with zero attached hydrogens (tertiary/aromatic N) is 1. The summed E-state index contributed by atoms with van der Waals surface area (Å²) >= 11 is 1.72. The lowest BCUT2D eigenvalue weighted by molar-refractivity contribution is 0.0919. The Bertz CT molecular complexity index is 629. The van der Waals surface area contributed by atoms with Gasteiger partial charge >= 0.3 is 0 Å². The number of hydrogen-bond acceptors (Lipinski definition) is 3. The summed E-state index contributed by atoms with van der Waals surface area (Å²) in [6.07, 6.45) is 2.45. The van der Waals surface area contributed by atoms with Crippen molar-refractivity contribution in [2.24, 2.45) is 0 Å². The van der Waals surface area contributed by atoms with Crippen molar-refractivity contribution in [3.63, 3.8) is 0 Å². The van der Waals surface area contributed by atoms with Crippen LogP contribution in [0.15, 0.2) is 35.0 Å². The number of thiophene rings is 1. The van der Waals surface area contributed by atoms with E-state index >= 15 is 0 Å². The maximum atomic E-state index is 12.5. The summed E-state index contributed by atoms with van der Waals surface area (Å²) in [7, 11) is 0. The van der Waals surface area contributed by atoms with E-state index in [4.69, 9.17) is 0 Å². The van der Waals surface area contributed by atoms with E-state index in [-0.39, 0.29) is 5.78 Å². The Labute approximate surface area is 130 Å². The van der Waals surface area contributed by atoms with Crippen LogP contribution in [0, 0.1) is 13.8 Å². The molecule has 0 spiro atoms. The zero-order valence-corrected chi connectivity index (χ0v) is 13.5. The highest BCUT2D eigenvalue weighted by molar-refractivity contribution is 7.07. The van der Waals surface area contributed by atoms with Gasteiger partial charge < -0.3 is 0 Å². The second-order valence-electron chi connectivity index (χ2n) is 5.99. The van der Waals surface area contributed by atoms with Crippen LogP contribution in [0.1, 0.15) is 39.9 Å². The molecule has 0 bridgehead atoms. The quantitative estimate of drug-likeness (QED) is 0.745. The average Bonchev–Trinajstić information content (AvgIpc) is 3.19. The minimum Gasteiger partial charge on any atom is -0.293 e. The summed E-state index contributed by atoms with van der Waals surface area (Å²) in [5, 5.41) is 4.28. The molecule has 0 unspecified atom stereocenters. The Balaban J connectivity index is 1.70. The first-order valence-electron chi connectivity index (χ1n) is 7.49. The number of carbonyl (C=O) groups is 1. The molecule has 1 aromatic carbocycles. The second kappa shape index (κ2) is 6.12. The van der Waals surface area contributed by atoms with Crippen LogP contribution in [0.3, 0.4) is 0 Å². The number of ketones is 1. The van der Waals surface area contributed by atoms with Gasteiger partial charge in [0.2, 0.25) is 0 Å². The fourth-order valence-corrected chi connectivity index (χ4v) is 3.22. The molecular formula is C18H21NOS. The molecule has 0 aliphatic heterocycles. The SMILES string of the molecule is Cc1ccc(C(=O)CN(Cc2ccsc2)C2CC2)cc1C. The highest BCUT2D eigenvalue weighted by Gasteiger charge is 2.30. The molecule has 1 heterocycles. The first-order chi connectivity index (χ1) is 10.1. The minimum atomic E-state index is 0.236. The topological polar surface area (TPSA) is 20.3 Å².